The molecule has 3 rings (SSSR count). The summed E-state index contributed by atoms with van der Waals surface area (Å²) in [5, 5.41) is 0.563. The Hall–Kier alpha value is -2.70. The van der Waals surface area contributed by atoms with Crippen LogP contribution < -0.4 is 15.8 Å². The molecule has 1 atom stereocenters. The lowest BCUT2D eigenvalue weighted by molar-refractivity contribution is -0.121. The third kappa shape index (κ3) is 3.61. The number of carbonyl (C=O) groups is 3. The minimum Gasteiger partial charge on any atom is -0.287 e. The predicted octanol–water partition coefficient (Wildman–Crippen LogP) is 2.52. The summed E-state index contributed by atoms with van der Waals surface area (Å²) in [6, 6.07) is 11.2. The number of rotatable bonds is 4. The van der Waals surface area contributed by atoms with Crippen LogP contribution in [0.2, 0.25) is 5.02 Å². The minimum atomic E-state index is -0.812. The van der Waals surface area contributed by atoms with Crippen molar-refractivity contribution in [1.29, 1.82) is 0 Å². The van der Waals surface area contributed by atoms with E-state index in [1.165, 1.54) is 0 Å². The molecule has 1 aliphatic heterocycles. The van der Waals surface area contributed by atoms with E-state index in [4.69, 9.17) is 11.6 Å². The third-order valence-electron chi connectivity index (χ3n) is 4.22. The molecule has 3 amide bonds. The summed E-state index contributed by atoms with van der Waals surface area (Å²) < 4.78 is 0. The van der Waals surface area contributed by atoms with Gasteiger partial charge in [-0.1, -0.05) is 29.3 Å². The number of nitrogens with zero attached hydrogens (tertiary/aromatic N) is 1. The van der Waals surface area contributed by atoms with Gasteiger partial charge in [-0.05, 0) is 49.7 Å². The molecular formula is C19H18ClN3O3. The van der Waals surface area contributed by atoms with Gasteiger partial charge in [0.2, 0.25) is 5.91 Å². The molecule has 0 bridgehead atoms. The van der Waals surface area contributed by atoms with E-state index < -0.39 is 11.9 Å². The summed E-state index contributed by atoms with van der Waals surface area (Å²) in [5.74, 6) is -1.12. The first kappa shape index (κ1) is 18.1. The fraction of sp³-hybridized carbons (Fsp3) is 0.211. The topological polar surface area (TPSA) is 78.5 Å². The maximum atomic E-state index is 12.6. The molecule has 26 heavy (non-hydrogen) atoms. The van der Waals surface area contributed by atoms with E-state index in [0.717, 1.165) is 16.0 Å². The minimum absolute atomic E-state index is 0.0331. The number of hydrazine groups is 1. The molecule has 134 valence electrons. The number of hydrogen-bond donors (Lipinski definition) is 2. The fourth-order valence-corrected chi connectivity index (χ4v) is 2.83. The van der Waals surface area contributed by atoms with E-state index in [2.05, 4.69) is 10.9 Å². The standard InChI is InChI=1S/C19H18ClN3O3/c1-11-3-5-13(6-4-11)18(25)22-21-16-10-17(24)23(19(16)26)14-7-8-15(20)12(2)9-14/h3-9,16,21H,10H2,1-2H3,(H,22,25)/t16-/m0/s1. The monoisotopic (exact) mass is 371 g/mol. The summed E-state index contributed by atoms with van der Waals surface area (Å²) in [7, 11) is 0. The van der Waals surface area contributed by atoms with Crippen molar-refractivity contribution in [1.82, 2.24) is 10.9 Å². The van der Waals surface area contributed by atoms with E-state index in [9.17, 15) is 14.4 Å². The van der Waals surface area contributed by atoms with Crippen LogP contribution in [0, 0.1) is 13.8 Å². The van der Waals surface area contributed by atoms with Gasteiger partial charge in [-0.3, -0.25) is 19.8 Å². The Morgan fingerprint density at radius 2 is 1.81 bits per heavy atom. The maximum Gasteiger partial charge on any atom is 0.265 e. The molecule has 7 heteroatoms. The molecular weight excluding hydrogens is 354 g/mol. The Morgan fingerprint density at radius 3 is 2.46 bits per heavy atom. The van der Waals surface area contributed by atoms with Crippen LogP contribution in [0.5, 0.6) is 0 Å². The van der Waals surface area contributed by atoms with Gasteiger partial charge in [-0.15, -0.1) is 0 Å². The van der Waals surface area contributed by atoms with E-state index in [1.54, 1.807) is 37.3 Å². The Morgan fingerprint density at radius 1 is 1.12 bits per heavy atom. The highest BCUT2D eigenvalue weighted by Gasteiger charge is 2.39. The average molecular weight is 372 g/mol. The number of nitrogens with one attached hydrogen (secondary N) is 2. The number of anilines is 1. The van der Waals surface area contributed by atoms with Crippen molar-refractivity contribution in [3.05, 3.63) is 64.2 Å². The molecule has 6 nitrogen and oxygen atoms in total. The zero-order valence-electron chi connectivity index (χ0n) is 14.4. The van der Waals surface area contributed by atoms with Crippen LogP contribution in [0.1, 0.15) is 27.9 Å². The molecule has 2 N–H and O–H groups in total. The largest absolute Gasteiger partial charge is 0.287 e. The van der Waals surface area contributed by atoms with Crippen LogP contribution in [-0.4, -0.2) is 23.8 Å². The highest BCUT2D eigenvalue weighted by molar-refractivity contribution is 6.31. The van der Waals surface area contributed by atoms with Gasteiger partial charge in [0.1, 0.15) is 6.04 Å². The van der Waals surface area contributed by atoms with Crippen molar-refractivity contribution in [2.24, 2.45) is 0 Å². The summed E-state index contributed by atoms with van der Waals surface area (Å²) in [6.45, 7) is 3.73. The Labute approximate surface area is 156 Å². The fourth-order valence-electron chi connectivity index (χ4n) is 2.71. The van der Waals surface area contributed by atoms with Gasteiger partial charge in [-0.2, -0.15) is 0 Å². The molecule has 0 saturated carbocycles. The highest BCUT2D eigenvalue weighted by Crippen LogP contribution is 2.26. The van der Waals surface area contributed by atoms with Crippen LogP contribution >= 0.6 is 11.6 Å². The van der Waals surface area contributed by atoms with Crippen molar-refractivity contribution >= 4 is 35.0 Å². The predicted molar refractivity (Wildman–Crippen MR) is 98.9 cm³/mol. The summed E-state index contributed by atoms with van der Waals surface area (Å²) >= 11 is 5.99. The van der Waals surface area contributed by atoms with E-state index in [0.29, 0.717) is 16.3 Å². The van der Waals surface area contributed by atoms with Crippen molar-refractivity contribution < 1.29 is 14.4 Å². The van der Waals surface area contributed by atoms with Crippen molar-refractivity contribution in [3.63, 3.8) is 0 Å². The zero-order chi connectivity index (χ0) is 18.8. The number of aryl methyl sites for hydroxylation is 2. The lowest BCUT2D eigenvalue weighted by Gasteiger charge is -2.16. The second kappa shape index (κ2) is 7.27. The molecule has 0 radical (unpaired) electrons. The van der Waals surface area contributed by atoms with Gasteiger partial charge >= 0.3 is 0 Å². The number of halogens is 1. The van der Waals surface area contributed by atoms with Gasteiger partial charge in [0.15, 0.2) is 0 Å². The average Bonchev–Trinajstić information content (AvgIpc) is 2.90. The molecule has 0 spiro atoms. The smallest absolute Gasteiger partial charge is 0.265 e. The van der Waals surface area contributed by atoms with Crippen LogP contribution in [0.25, 0.3) is 0 Å². The van der Waals surface area contributed by atoms with Gasteiger partial charge in [0.05, 0.1) is 12.1 Å². The first-order chi connectivity index (χ1) is 12.4. The number of carbonyl (C=O) groups excluding carboxylic acids is 3. The van der Waals surface area contributed by atoms with Crippen molar-refractivity contribution in [2.75, 3.05) is 4.90 Å². The van der Waals surface area contributed by atoms with Crippen LogP contribution in [0.15, 0.2) is 42.5 Å². The van der Waals surface area contributed by atoms with E-state index >= 15 is 0 Å². The Kier molecular flexibility index (Phi) is 5.06. The molecule has 2 aromatic carbocycles. The van der Waals surface area contributed by atoms with E-state index in [-0.39, 0.29) is 18.2 Å². The van der Waals surface area contributed by atoms with Gasteiger partial charge in [0, 0.05) is 10.6 Å². The van der Waals surface area contributed by atoms with Crippen LogP contribution in [-0.2, 0) is 9.59 Å². The molecule has 0 unspecified atom stereocenters. The normalized spacial score (nSPS) is 16.9. The summed E-state index contributed by atoms with van der Waals surface area (Å²) in [4.78, 5) is 38.1. The highest BCUT2D eigenvalue weighted by atomic mass is 35.5. The molecule has 1 saturated heterocycles. The second-order valence-corrected chi connectivity index (χ2v) is 6.63. The van der Waals surface area contributed by atoms with Crippen molar-refractivity contribution in [2.45, 2.75) is 26.3 Å². The molecule has 0 aromatic heterocycles. The summed E-state index contributed by atoms with van der Waals surface area (Å²) in [6.07, 6.45) is -0.0331. The molecule has 1 aliphatic rings. The molecule has 0 aliphatic carbocycles. The molecule has 1 fully saturated rings. The lowest BCUT2D eigenvalue weighted by Crippen LogP contribution is -2.48. The van der Waals surface area contributed by atoms with Crippen LogP contribution in [0.4, 0.5) is 5.69 Å². The SMILES string of the molecule is Cc1ccc(C(=O)NN[C@H]2CC(=O)N(c3ccc(Cl)c(C)c3)C2=O)cc1. The Balaban J connectivity index is 1.67. The third-order valence-corrected chi connectivity index (χ3v) is 4.64. The first-order valence-corrected chi connectivity index (χ1v) is 8.50. The van der Waals surface area contributed by atoms with Gasteiger partial charge in [-0.25, -0.2) is 10.3 Å². The lowest BCUT2D eigenvalue weighted by atomic mass is 10.1. The Bertz CT molecular complexity index is 880. The quantitative estimate of drug-likeness (QED) is 0.639. The van der Waals surface area contributed by atoms with Gasteiger partial charge in [0.25, 0.3) is 11.8 Å². The second-order valence-electron chi connectivity index (χ2n) is 6.22. The van der Waals surface area contributed by atoms with Crippen LogP contribution in [0.3, 0.4) is 0 Å². The number of amides is 3. The summed E-state index contributed by atoms with van der Waals surface area (Å²) in [5.41, 5.74) is 7.90. The zero-order valence-corrected chi connectivity index (χ0v) is 15.1. The number of imide groups is 1. The van der Waals surface area contributed by atoms with Crippen molar-refractivity contribution in [3.8, 4) is 0 Å². The molecule has 1 heterocycles. The number of hydrogen-bond acceptors (Lipinski definition) is 4. The molecule has 2 aromatic rings. The van der Waals surface area contributed by atoms with Gasteiger partial charge < -0.3 is 0 Å². The number of benzene rings is 2. The van der Waals surface area contributed by atoms with E-state index in [1.807, 2.05) is 19.1 Å². The maximum absolute atomic E-state index is 12.6. The first-order valence-electron chi connectivity index (χ1n) is 8.12.